The maximum absolute atomic E-state index is 9.83. The van der Waals surface area contributed by atoms with Gasteiger partial charge in [0, 0.05) is 0 Å². The molecule has 11 heteroatoms. The van der Waals surface area contributed by atoms with Gasteiger partial charge in [0.05, 0.1) is 46.4 Å². The number of rotatable bonds is 5. The molecule has 3 N–H and O–H groups in total. The fourth-order valence-electron chi connectivity index (χ4n) is 3.57. The second-order valence-electron chi connectivity index (χ2n) is 6.85. The SMILES string of the molecule is O[C@@H]1CO[C@H]2[C@@H]1OC[C@H]2Oc1nc2nc(CCc3[nH]ncc3Cl)c(Cl)cc2[nH]1. The van der Waals surface area contributed by atoms with E-state index in [-0.39, 0.29) is 24.9 Å². The number of ether oxygens (including phenoxy) is 3. The van der Waals surface area contributed by atoms with Crippen molar-refractivity contribution in [2.24, 2.45) is 0 Å². The van der Waals surface area contributed by atoms with Gasteiger partial charge in [-0.05, 0) is 18.9 Å². The number of aliphatic hydroxyl groups is 1. The van der Waals surface area contributed by atoms with Gasteiger partial charge in [-0.25, -0.2) is 4.98 Å². The first-order valence-corrected chi connectivity index (χ1v) is 9.65. The lowest BCUT2D eigenvalue weighted by Gasteiger charge is -2.15. The minimum Gasteiger partial charge on any atom is -0.456 e. The van der Waals surface area contributed by atoms with Crippen LogP contribution in [0.1, 0.15) is 11.4 Å². The van der Waals surface area contributed by atoms with Crippen molar-refractivity contribution in [3.8, 4) is 6.01 Å². The Kier molecular flexibility index (Phi) is 4.64. The van der Waals surface area contributed by atoms with E-state index in [2.05, 4.69) is 25.1 Å². The first-order valence-electron chi connectivity index (χ1n) is 8.89. The third kappa shape index (κ3) is 3.23. The quantitative estimate of drug-likeness (QED) is 0.568. The summed E-state index contributed by atoms with van der Waals surface area (Å²) in [6.07, 6.45) is 1.15. The molecule has 28 heavy (non-hydrogen) atoms. The van der Waals surface area contributed by atoms with E-state index in [1.54, 1.807) is 12.3 Å². The van der Waals surface area contributed by atoms with E-state index >= 15 is 0 Å². The molecule has 5 heterocycles. The molecule has 2 saturated heterocycles. The standard InChI is InChI=1S/C17H17Cl2N5O4/c18-7-3-11-16(21-9(7)1-2-10-8(19)4-20-24-10)23-17(22-11)28-13-6-27-14-12(25)5-26-15(13)14/h3-4,12-15,25H,1-2,5-6H2,(H,20,24)(H,21,22,23)/t12-,13-,14-,15-/m1/s1. The second kappa shape index (κ2) is 7.16. The van der Waals surface area contributed by atoms with Gasteiger partial charge in [-0.1, -0.05) is 23.2 Å². The number of halogens is 2. The van der Waals surface area contributed by atoms with E-state index in [0.29, 0.717) is 52.4 Å². The first kappa shape index (κ1) is 18.1. The van der Waals surface area contributed by atoms with Gasteiger partial charge in [0.2, 0.25) is 0 Å². The average Bonchev–Trinajstić information content (AvgIpc) is 3.42. The van der Waals surface area contributed by atoms with E-state index in [0.717, 1.165) is 5.69 Å². The van der Waals surface area contributed by atoms with Crippen molar-refractivity contribution in [1.29, 1.82) is 0 Å². The number of aliphatic hydroxyl groups excluding tert-OH is 1. The molecule has 0 spiro atoms. The van der Waals surface area contributed by atoms with Crippen molar-refractivity contribution >= 4 is 34.4 Å². The smallest absolute Gasteiger partial charge is 0.296 e. The first-order chi connectivity index (χ1) is 13.6. The molecule has 0 aromatic carbocycles. The molecule has 0 amide bonds. The zero-order valence-corrected chi connectivity index (χ0v) is 16.1. The molecular weight excluding hydrogens is 409 g/mol. The summed E-state index contributed by atoms with van der Waals surface area (Å²) in [5.41, 5.74) is 2.73. The zero-order valence-electron chi connectivity index (χ0n) is 14.6. The summed E-state index contributed by atoms with van der Waals surface area (Å²) in [7, 11) is 0. The summed E-state index contributed by atoms with van der Waals surface area (Å²) in [5, 5.41) is 17.7. The van der Waals surface area contributed by atoms with E-state index < -0.39 is 6.10 Å². The van der Waals surface area contributed by atoms with Crippen LogP contribution in [0.25, 0.3) is 11.2 Å². The number of imidazole rings is 1. The number of aromatic amines is 2. The second-order valence-corrected chi connectivity index (χ2v) is 7.66. The van der Waals surface area contributed by atoms with Crippen molar-refractivity contribution < 1.29 is 19.3 Å². The van der Waals surface area contributed by atoms with E-state index in [1.807, 2.05) is 0 Å². The lowest BCUT2D eigenvalue weighted by Crippen LogP contribution is -2.34. The highest BCUT2D eigenvalue weighted by Crippen LogP contribution is 2.30. The summed E-state index contributed by atoms with van der Waals surface area (Å²) in [6.45, 7) is 0.573. The Bertz CT molecular complexity index is 1010. The van der Waals surface area contributed by atoms with Gasteiger partial charge in [-0.3, -0.25) is 5.10 Å². The van der Waals surface area contributed by atoms with Crippen molar-refractivity contribution in [3.05, 3.63) is 33.7 Å². The predicted molar refractivity (Wildman–Crippen MR) is 99.8 cm³/mol. The molecule has 0 radical (unpaired) electrons. The monoisotopic (exact) mass is 425 g/mol. The number of aryl methyl sites for hydroxylation is 2. The zero-order chi connectivity index (χ0) is 19.3. The van der Waals surface area contributed by atoms with Gasteiger partial charge >= 0.3 is 0 Å². The molecule has 3 aromatic heterocycles. The highest BCUT2D eigenvalue weighted by atomic mass is 35.5. The summed E-state index contributed by atoms with van der Waals surface area (Å²) >= 11 is 12.4. The predicted octanol–water partition coefficient (Wildman–Crippen LogP) is 1.68. The van der Waals surface area contributed by atoms with Gasteiger partial charge < -0.3 is 24.3 Å². The van der Waals surface area contributed by atoms with Crippen molar-refractivity contribution in [2.45, 2.75) is 37.3 Å². The Hall–Kier alpha value is -1.91. The van der Waals surface area contributed by atoms with Crippen molar-refractivity contribution in [2.75, 3.05) is 13.2 Å². The minimum atomic E-state index is -0.624. The maximum Gasteiger partial charge on any atom is 0.296 e. The number of H-pyrrole nitrogens is 2. The number of fused-ring (bicyclic) bond motifs is 2. The lowest BCUT2D eigenvalue weighted by atomic mass is 10.1. The van der Waals surface area contributed by atoms with Crippen LogP contribution in [0.2, 0.25) is 10.0 Å². The third-order valence-electron chi connectivity index (χ3n) is 5.00. The summed E-state index contributed by atoms with van der Waals surface area (Å²) < 4.78 is 17.0. The molecule has 2 aliphatic heterocycles. The molecule has 2 fully saturated rings. The fourth-order valence-corrected chi connectivity index (χ4v) is 4.00. The van der Waals surface area contributed by atoms with Crippen LogP contribution in [0.4, 0.5) is 0 Å². The van der Waals surface area contributed by atoms with Gasteiger partial charge in [0.1, 0.15) is 18.3 Å². The molecule has 4 atom stereocenters. The van der Waals surface area contributed by atoms with Gasteiger partial charge in [-0.15, -0.1) is 0 Å². The number of nitrogens with zero attached hydrogens (tertiary/aromatic N) is 3. The summed E-state index contributed by atoms with van der Waals surface area (Å²) in [6, 6.07) is 2.09. The van der Waals surface area contributed by atoms with Gasteiger partial charge in [0.15, 0.2) is 11.8 Å². The van der Waals surface area contributed by atoms with Crippen molar-refractivity contribution in [1.82, 2.24) is 25.1 Å². The van der Waals surface area contributed by atoms with Crippen LogP contribution in [0, 0.1) is 0 Å². The van der Waals surface area contributed by atoms with E-state index in [4.69, 9.17) is 37.4 Å². The number of hydrogen-bond acceptors (Lipinski definition) is 7. The third-order valence-corrected chi connectivity index (χ3v) is 5.65. The molecule has 5 rings (SSSR count). The number of aromatic nitrogens is 5. The molecule has 148 valence electrons. The largest absolute Gasteiger partial charge is 0.456 e. The minimum absolute atomic E-state index is 0.246. The van der Waals surface area contributed by atoms with Crippen LogP contribution < -0.4 is 4.74 Å². The Morgan fingerprint density at radius 1 is 1.14 bits per heavy atom. The Labute approximate surface area is 169 Å². The Balaban J connectivity index is 1.32. The van der Waals surface area contributed by atoms with Crippen LogP contribution >= 0.6 is 23.2 Å². The molecule has 0 aliphatic carbocycles. The maximum atomic E-state index is 9.83. The van der Waals surface area contributed by atoms with Crippen molar-refractivity contribution in [3.63, 3.8) is 0 Å². The van der Waals surface area contributed by atoms with Gasteiger partial charge in [0.25, 0.3) is 6.01 Å². The number of hydrogen-bond donors (Lipinski definition) is 3. The molecule has 9 nitrogen and oxygen atoms in total. The molecule has 2 aliphatic rings. The number of nitrogens with one attached hydrogen (secondary N) is 2. The Morgan fingerprint density at radius 2 is 2.00 bits per heavy atom. The fraction of sp³-hybridized carbons (Fsp3) is 0.471. The summed E-state index contributed by atoms with van der Waals surface area (Å²) in [4.78, 5) is 12.0. The van der Waals surface area contributed by atoms with Crippen LogP contribution in [0.5, 0.6) is 6.01 Å². The van der Waals surface area contributed by atoms with Crippen LogP contribution in [-0.4, -0.2) is 67.9 Å². The average molecular weight is 426 g/mol. The molecule has 0 saturated carbocycles. The van der Waals surface area contributed by atoms with E-state index in [1.165, 1.54) is 0 Å². The van der Waals surface area contributed by atoms with Gasteiger partial charge in [-0.2, -0.15) is 10.1 Å². The lowest BCUT2D eigenvalue weighted by molar-refractivity contribution is 0.00706. The molecule has 0 unspecified atom stereocenters. The molecule has 0 bridgehead atoms. The van der Waals surface area contributed by atoms with Crippen LogP contribution in [0.15, 0.2) is 12.3 Å². The van der Waals surface area contributed by atoms with E-state index in [9.17, 15) is 5.11 Å². The molecule has 3 aromatic rings. The normalized spacial score (nSPS) is 26.8. The van der Waals surface area contributed by atoms with Crippen LogP contribution in [-0.2, 0) is 22.3 Å². The van der Waals surface area contributed by atoms with Crippen LogP contribution in [0.3, 0.4) is 0 Å². The number of pyridine rings is 1. The Morgan fingerprint density at radius 3 is 2.82 bits per heavy atom. The topological polar surface area (TPSA) is 118 Å². The highest BCUT2D eigenvalue weighted by molar-refractivity contribution is 6.32. The summed E-state index contributed by atoms with van der Waals surface area (Å²) in [5.74, 6) is 0. The molecular formula is C17H17Cl2N5O4. The highest BCUT2D eigenvalue weighted by Gasteiger charge is 2.48.